The van der Waals surface area contributed by atoms with Gasteiger partial charge in [0.05, 0.1) is 12.0 Å². The van der Waals surface area contributed by atoms with Gasteiger partial charge in [-0.05, 0) is 13.0 Å². The molecule has 2 aliphatic heterocycles. The van der Waals surface area contributed by atoms with Gasteiger partial charge in [0, 0.05) is 26.7 Å². The van der Waals surface area contributed by atoms with Crippen LogP contribution in [0.2, 0.25) is 0 Å². The highest BCUT2D eigenvalue weighted by molar-refractivity contribution is 5.79. The number of carbonyl (C=O) groups is 1. The largest absolute Gasteiger partial charge is 0.388 e. The fourth-order valence-electron chi connectivity index (χ4n) is 2.29. The summed E-state index contributed by atoms with van der Waals surface area (Å²) in [6.07, 6.45) is 0.153. The highest BCUT2D eigenvalue weighted by atomic mass is 16.5. The number of likely N-dealkylation sites (tertiary alicyclic amines) is 1. The number of nitrogens with zero attached hydrogens (tertiary/aromatic N) is 1. The standard InChI is InChI=1S/C10H18N2O3/c1-15-9-6-12(5-8(9)13)10(14)7-2-3-11-4-7/h7-9,11,13H,2-6H2,1H3/t7-,8-,9-/m1/s1. The molecule has 1 amide bonds. The highest BCUT2D eigenvalue weighted by Gasteiger charge is 2.37. The van der Waals surface area contributed by atoms with Crippen molar-refractivity contribution in [2.75, 3.05) is 33.3 Å². The molecule has 0 aliphatic carbocycles. The third-order valence-electron chi connectivity index (χ3n) is 3.26. The lowest BCUT2D eigenvalue weighted by Gasteiger charge is -2.19. The van der Waals surface area contributed by atoms with Crippen LogP contribution in [-0.2, 0) is 9.53 Å². The first-order valence-electron chi connectivity index (χ1n) is 5.42. The van der Waals surface area contributed by atoms with E-state index in [1.165, 1.54) is 0 Å². The molecule has 5 heteroatoms. The molecule has 0 aromatic carbocycles. The first-order valence-corrected chi connectivity index (χ1v) is 5.42. The minimum atomic E-state index is -0.534. The summed E-state index contributed by atoms with van der Waals surface area (Å²) in [4.78, 5) is 13.7. The normalized spacial score (nSPS) is 36.1. The van der Waals surface area contributed by atoms with Crippen molar-refractivity contribution in [1.29, 1.82) is 0 Å². The Bertz CT molecular complexity index is 241. The summed E-state index contributed by atoms with van der Waals surface area (Å²) in [7, 11) is 1.57. The third kappa shape index (κ3) is 2.14. The summed E-state index contributed by atoms with van der Waals surface area (Å²) in [6.45, 7) is 2.62. The van der Waals surface area contributed by atoms with E-state index >= 15 is 0 Å². The number of aliphatic hydroxyl groups is 1. The molecule has 3 atom stereocenters. The predicted molar refractivity (Wildman–Crippen MR) is 54.4 cm³/mol. The topological polar surface area (TPSA) is 61.8 Å². The molecule has 2 saturated heterocycles. The molecule has 86 valence electrons. The summed E-state index contributed by atoms with van der Waals surface area (Å²) < 4.78 is 5.11. The molecule has 5 nitrogen and oxygen atoms in total. The second kappa shape index (κ2) is 4.47. The molecule has 0 aromatic rings. The molecule has 0 saturated carbocycles. The lowest BCUT2D eigenvalue weighted by molar-refractivity contribution is -0.134. The van der Waals surface area contributed by atoms with Crippen LogP contribution in [0.25, 0.3) is 0 Å². The summed E-state index contributed by atoms with van der Waals surface area (Å²) in [5, 5.41) is 12.8. The Labute approximate surface area is 89.4 Å². The van der Waals surface area contributed by atoms with Gasteiger partial charge in [-0.15, -0.1) is 0 Å². The Morgan fingerprint density at radius 3 is 2.87 bits per heavy atom. The Morgan fingerprint density at radius 1 is 1.53 bits per heavy atom. The van der Waals surface area contributed by atoms with Gasteiger partial charge in [-0.3, -0.25) is 4.79 Å². The van der Waals surface area contributed by atoms with Gasteiger partial charge in [0.2, 0.25) is 5.91 Å². The molecule has 2 N–H and O–H groups in total. The predicted octanol–water partition coefficient (Wildman–Crippen LogP) is -1.19. The van der Waals surface area contributed by atoms with Crippen molar-refractivity contribution >= 4 is 5.91 Å². The van der Waals surface area contributed by atoms with Crippen LogP contribution in [0.5, 0.6) is 0 Å². The van der Waals surface area contributed by atoms with Crippen LogP contribution < -0.4 is 5.32 Å². The van der Waals surface area contributed by atoms with Gasteiger partial charge in [-0.2, -0.15) is 0 Å². The number of rotatable bonds is 2. The van der Waals surface area contributed by atoms with Crippen molar-refractivity contribution in [3.05, 3.63) is 0 Å². The molecule has 15 heavy (non-hydrogen) atoms. The number of β-amino-alcohol motifs (C(OH)–C–C–N with tert-alkyl or cyclic N) is 1. The van der Waals surface area contributed by atoms with E-state index in [4.69, 9.17) is 4.74 Å². The van der Waals surface area contributed by atoms with Crippen molar-refractivity contribution in [3.63, 3.8) is 0 Å². The minimum Gasteiger partial charge on any atom is -0.388 e. The van der Waals surface area contributed by atoms with Crippen LogP contribution in [0.1, 0.15) is 6.42 Å². The lowest BCUT2D eigenvalue weighted by atomic mass is 10.1. The van der Waals surface area contributed by atoms with Gasteiger partial charge >= 0.3 is 0 Å². The summed E-state index contributed by atoms with van der Waals surface area (Å²) >= 11 is 0. The Kier molecular flexibility index (Phi) is 3.23. The van der Waals surface area contributed by atoms with Crippen molar-refractivity contribution in [3.8, 4) is 0 Å². The number of nitrogens with one attached hydrogen (secondary N) is 1. The first kappa shape index (κ1) is 10.9. The number of hydrogen-bond acceptors (Lipinski definition) is 4. The number of aliphatic hydroxyl groups excluding tert-OH is 1. The SMILES string of the molecule is CO[C@@H]1CN(C(=O)[C@@H]2CCNC2)C[C@H]1O. The van der Waals surface area contributed by atoms with E-state index in [9.17, 15) is 9.90 Å². The van der Waals surface area contributed by atoms with Gasteiger partial charge < -0.3 is 20.1 Å². The smallest absolute Gasteiger partial charge is 0.227 e. The van der Waals surface area contributed by atoms with Gasteiger partial charge in [0.1, 0.15) is 6.10 Å². The van der Waals surface area contributed by atoms with E-state index in [0.717, 1.165) is 19.5 Å². The minimum absolute atomic E-state index is 0.0906. The molecule has 2 heterocycles. The number of carbonyl (C=O) groups excluding carboxylic acids is 1. The van der Waals surface area contributed by atoms with Crippen LogP contribution in [0.15, 0.2) is 0 Å². The number of ether oxygens (including phenoxy) is 1. The molecule has 0 aromatic heterocycles. The lowest BCUT2D eigenvalue weighted by Crippen LogP contribution is -2.36. The van der Waals surface area contributed by atoms with Crippen LogP contribution >= 0.6 is 0 Å². The average molecular weight is 214 g/mol. The molecule has 0 spiro atoms. The van der Waals surface area contributed by atoms with Gasteiger partial charge in [0.15, 0.2) is 0 Å². The Morgan fingerprint density at radius 2 is 2.33 bits per heavy atom. The average Bonchev–Trinajstić information content (AvgIpc) is 2.85. The van der Waals surface area contributed by atoms with Gasteiger partial charge in [0.25, 0.3) is 0 Å². The fourth-order valence-corrected chi connectivity index (χ4v) is 2.29. The fraction of sp³-hybridized carbons (Fsp3) is 0.900. The van der Waals surface area contributed by atoms with Gasteiger partial charge in [-0.1, -0.05) is 0 Å². The molecule has 2 fully saturated rings. The molecule has 2 rings (SSSR count). The molecular weight excluding hydrogens is 196 g/mol. The van der Waals surface area contributed by atoms with E-state index in [0.29, 0.717) is 13.1 Å². The van der Waals surface area contributed by atoms with Crippen LogP contribution in [-0.4, -0.2) is 61.4 Å². The van der Waals surface area contributed by atoms with Crippen molar-refractivity contribution in [2.45, 2.75) is 18.6 Å². The molecule has 2 aliphatic rings. The number of amides is 1. The number of hydrogen-bond donors (Lipinski definition) is 2. The summed E-state index contributed by atoms with van der Waals surface area (Å²) in [6, 6.07) is 0. The first-order chi connectivity index (χ1) is 7.22. The van der Waals surface area contributed by atoms with Crippen molar-refractivity contribution < 1.29 is 14.6 Å². The van der Waals surface area contributed by atoms with Crippen LogP contribution in [0.3, 0.4) is 0 Å². The van der Waals surface area contributed by atoms with E-state index in [2.05, 4.69) is 5.32 Å². The van der Waals surface area contributed by atoms with Crippen LogP contribution in [0, 0.1) is 5.92 Å². The van der Waals surface area contributed by atoms with E-state index < -0.39 is 6.10 Å². The maximum absolute atomic E-state index is 12.0. The van der Waals surface area contributed by atoms with E-state index in [-0.39, 0.29) is 17.9 Å². The maximum atomic E-state index is 12.0. The van der Waals surface area contributed by atoms with E-state index in [1.54, 1.807) is 12.0 Å². The highest BCUT2D eigenvalue weighted by Crippen LogP contribution is 2.18. The zero-order chi connectivity index (χ0) is 10.8. The molecule has 0 bridgehead atoms. The zero-order valence-electron chi connectivity index (χ0n) is 8.98. The van der Waals surface area contributed by atoms with Crippen LogP contribution in [0.4, 0.5) is 0 Å². The third-order valence-corrected chi connectivity index (χ3v) is 3.26. The molecule has 0 unspecified atom stereocenters. The Balaban J connectivity index is 1.91. The van der Waals surface area contributed by atoms with Crippen molar-refractivity contribution in [1.82, 2.24) is 10.2 Å². The van der Waals surface area contributed by atoms with E-state index in [1.807, 2.05) is 0 Å². The summed E-state index contributed by atoms with van der Waals surface area (Å²) in [5.41, 5.74) is 0. The monoisotopic (exact) mass is 214 g/mol. The number of methoxy groups -OCH3 is 1. The second-order valence-corrected chi connectivity index (χ2v) is 4.27. The molecule has 0 radical (unpaired) electrons. The van der Waals surface area contributed by atoms with Gasteiger partial charge in [-0.25, -0.2) is 0 Å². The maximum Gasteiger partial charge on any atom is 0.227 e. The zero-order valence-corrected chi connectivity index (χ0v) is 8.98. The Hall–Kier alpha value is -0.650. The van der Waals surface area contributed by atoms with Crippen molar-refractivity contribution in [2.24, 2.45) is 5.92 Å². The quantitative estimate of drug-likeness (QED) is 0.607. The second-order valence-electron chi connectivity index (χ2n) is 4.27. The summed E-state index contributed by atoms with van der Waals surface area (Å²) in [5.74, 6) is 0.242. The molecular formula is C10H18N2O3.